The lowest BCUT2D eigenvalue weighted by atomic mass is 9.89. The van der Waals surface area contributed by atoms with Crippen molar-refractivity contribution in [1.29, 1.82) is 0 Å². The van der Waals surface area contributed by atoms with E-state index in [1.807, 2.05) is 11.8 Å². The third-order valence-electron chi connectivity index (χ3n) is 3.34. The number of benzene rings is 1. The number of hydrogen-bond acceptors (Lipinski definition) is 2. The van der Waals surface area contributed by atoms with Crippen molar-refractivity contribution in [3.8, 4) is 0 Å². The summed E-state index contributed by atoms with van der Waals surface area (Å²) in [6, 6.07) is 4.65. The van der Waals surface area contributed by atoms with E-state index in [9.17, 15) is 9.18 Å². The van der Waals surface area contributed by atoms with E-state index in [0.29, 0.717) is 19.5 Å². The zero-order valence-corrected chi connectivity index (χ0v) is 10.3. The van der Waals surface area contributed by atoms with Crippen molar-refractivity contribution >= 4 is 23.2 Å². The first-order chi connectivity index (χ1) is 7.92. The highest BCUT2D eigenvalue weighted by molar-refractivity contribution is 6.30. The van der Waals surface area contributed by atoms with Crippen molar-refractivity contribution in [1.82, 2.24) is 0 Å². The minimum Gasteiger partial charge on any atom is -0.370 e. The lowest BCUT2D eigenvalue weighted by Gasteiger charge is -2.22. The summed E-state index contributed by atoms with van der Waals surface area (Å²) >= 11 is 5.63. The van der Waals surface area contributed by atoms with E-state index >= 15 is 0 Å². The molecule has 1 atom stereocenters. The van der Waals surface area contributed by atoms with Crippen LogP contribution in [-0.2, 0) is 4.79 Å². The molecule has 0 saturated carbocycles. The molecule has 1 aromatic rings. The molecular weight excluding hydrogens is 243 g/mol. The van der Waals surface area contributed by atoms with Crippen LogP contribution in [0.15, 0.2) is 18.2 Å². The fourth-order valence-corrected chi connectivity index (χ4v) is 2.18. The Labute approximate surface area is 104 Å². The van der Waals surface area contributed by atoms with Gasteiger partial charge in [0.15, 0.2) is 0 Å². The minimum atomic E-state index is -0.532. The highest BCUT2D eigenvalue weighted by atomic mass is 35.5. The Morgan fingerprint density at radius 3 is 2.82 bits per heavy atom. The number of primary amides is 1. The first kappa shape index (κ1) is 12.2. The predicted octanol–water partition coefficient (Wildman–Crippen LogP) is 2.18. The third kappa shape index (κ3) is 2.22. The monoisotopic (exact) mass is 256 g/mol. The fraction of sp³-hybridized carbons (Fsp3) is 0.417. The summed E-state index contributed by atoms with van der Waals surface area (Å²) in [5.74, 6) is -0.758. The number of hydrogen-bond donors (Lipinski definition) is 1. The van der Waals surface area contributed by atoms with Crippen LogP contribution in [0, 0.1) is 11.2 Å². The second kappa shape index (κ2) is 4.18. The molecule has 2 rings (SSSR count). The van der Waals surface area contributed by atoms with Crippen molar-refractivity contribution in [3.05, 3.63) is 29.0 Å². The van der Waals surface area contributed by atoms with Crippen LogP contribution >= 0.6 is 11.6 Å². The quantitative estimate of drug-likeness (QED) is 0.882. The molecule has 5 heteroatoms. The van der Waals surface area contributed by atoms with Crippen LogP contribution in [0.4, 0.5) is 10.1 Å². The van der Waals surface area contributed by atoms with E-state index in [-0.39, 0.29) is 10.9 Å². The van der Waals surface area contributed by atoms with E-state index in [1.165, 1.54) is 12.1 Å². The summed E-state index contributed by atoms with van der Waals surface area (Å²) < 4.78 is 13.3. The van der Waals surface area contributed by atoms with E-state index < -0.39 is 11.2 Å². The van der Waals surface area contributed by atoms with Gasteiger partial charge >= 0.3 is 0 Å². The summed E-state index contributed by atoms with van der Waals surface area (Å²) in [4.78, 5) is 13.3. The number of nitrogens with zero attached hydrogens (tertiary/aromatic N) is 1. The smallest absolute Gasteiger partial charge is 0.225 e. The molecule has 1 heterocycles. The number of halogens is 2. The number of rotatable bonds is 2. The van der Waals surface area contributed by atoms with Gasteiger partial charge in [0, 0.05) is 18.8 Å². The molecule has 0 radical (unpaired) electrons. The molecule has 1 aliphatic heterocycles. The predicted molar refractivity (Wildman–Crippen MR) is 65.5 cm³/mol. The third-order valence-corrected chi connectivity index (χ3v) is 3.64. The van der Waals surface area contributed by atoms with Gasteiger partial charge in [-0.15, -0.1) is 0 Å². The molecule has 17 heavy (non-hydrogen) atoms. The number of carbonyl (C=O) groups excluding carboxylic acids is 1. The highest BCUT2D eigenvalue weighted by Gasteiger charge is 2.38. The van der Waals surface area contributed by atoms with Crippen LogP contribution in [0.5, 0.6) is 0 Å². The highest BCUT2D eigenvalue weighted by Crippen LogP contribution is 2.33. The van der Waals surface area contributed by atoms with Crippen LogP contribution in [-0.4, -0.2) is 19.0 Å². The molecule has 0 aromatic heterocycles. The van der Waals surface area contributed by atoms with Crippen LogP contribution < -0.4 is 10.6 Å². The topological polar surface area (TPSA) is 46.3 Å². The molecule has 1 amide bonds. The Morgan fingerprint density at radius 1 is 1.59 bits per heavy atom. The molecule has 1 saturated heterocycles. The number of amides is 1. The Bertz CT molecular complexity index is 466. The molecule has 0 aliphatic carbocycles. The van der Waals surface area contributed by atoms with Gasteiger partial charge in [-0.25, -0.2) is 4.39 Å². The van der Waals surface area contributed by atoms with Gasteiger partial charge in [-0.1, -0.05) is 11.6 Å². The molecule has 0 bridgehead atoms. The SMILES string of the molecule is CC1(C(N)=O)CCN(c2ccc(Cl)c(F)c2)C1. The van der Waals surface area contributed by atoms with Gasteiger partial charge in [0.1, 0.15) is 5.82 Å². The zero-order valence-electron chi connectivity index (χ0n) is 9.54. The van der Waals surface area contributed by atoms with Gasteiger partial charge in [0.05, 0.1) is 10.4 Å². The fourth-order valence-electron chi connectivity index (χ4n) is 2.06. The maximum atomic E-state index is 13.3. The normalized spacial score (nSPS) is 24.1. The molecule has 1 aliphatic rings. The second-order valence-electron chi connectivity index (χ2n) is 4.69. The summed E-state index contributed by atoms with van der Waals surface area (Å²) in [5.41, 5.74) is 5.57. The summed E-state index contributed by atoms with van der Waals surface area (Å²) in [5, 5.41) is 0.102. The van der Waals surface area contributed by atoms with Crippen molar-refractivity contribution < 1.29 is 9.18 Å². The maximum Gasteiger partial charge on any atom is 0.225 e. The van der Waals surface area contributed by atoms with Gasteiger partial charge < -0.3 is 10.6 Å². The van der Waals surface area contributed by atoms with Crippen LogP contribution in [0.25, 0.3) is 0 Å². The van der Waals surface area contributed by atoms with E-state index in [2.05, 4.69) is 0 Å². The zero-order chi connectivity index (χ0) is 12.6. The maximum absolute atomic E-state index is 13.3. The largest absolute Gasteiger partial charge is 0.370 e. The first-order valence-electron chi connectivity index (χ1n) is 5.42. The summed E-state index contributed by atoms with van der Waals surface area (Å²) in [7, 11) is 0. The Morgan fingerprint density at radius 2 is 2.29 bits per heavy atom. The van der Waals surface area contributed by atoms with Gasteiger partial charge in [-0.3, -0.25) is 4.79 Å². The lowest BCUT2D eigenvalue weighted by molar-refractivity contribution is -0.125. The van der Waals surface area contributed by atoms with Gasteiger partial charge in [-0.05, 0) is 31.5 Å². The molecule has 1 unspecified atom stereocenters. The summed E-state index contributed by atoms with van der Waals surface area (Å²) in [6.45, 7) is 3.05. The van der Waals surface area contributed by atoms with Crippen molar-refractivity contribution in [2.45, 2.75) is 13.3 Å². The standard InChI is InChI=1S/C12H14ClFN2O/c1-12(11(15)17)4-5-16(7-12)8-2-3-9(13)10(14)6-8/h2-3,6H,4-5,7H2,1H3,(H2,15,17). The van der Waals surface area contributed by atoms with Crippen molar-refractivity contribution in [3.63, 3.8) is 0 Å². The number of nitrogens with two attached hydrogens (primary N) is 1. The molecule has 1 fully saturated rings. The van der Waals surface area contributed by atoms with E-state index in [0.717, 1.165) is 5.69 Å². The molecule has 1 aromatic carbocycles. The Kier molecular flexibility index (Phi) is 3.00. The van der Waals surface area contributed by atoms with Gasteiger partial charge in [0.25, 0.3) is 0 Å². The first-order valence-corrected chi connectivity index (χ1v) is 5.80. The van der Waals surface area contributed by atoms with Crippen LogP contribution in [0.3, 0.4) is 0 Å². The number of carbonyl (C=O) groups is 1. The lowest BCUT2D eigenvalue weighted by Crippen LogP contribution is -2.37. The van der Waals surface area contributed by atoms with Gasteiger partial charge in [-0.2, -0.15) is 0 Å². The molecule has 2 N–H and O–H groups in total. The van der Waals surface area contributed by atoms with Crippen LogP contribution in [0.2, 0.25) is 5.02 Å². The molecule has 0 spiro atoms. The van der Waals surface area contributed by atoms with Crippen molar-refractivity contribution in [2.75, 3.05) is 18.0 Å². The van der Waals surface area contributed by atoms with E-state index in [1.54, 1.807) is 6.07 Å². The van der Waals surface area contributed by atoms with Gasteiger partial charge in [0.2, 0.25) is 5.91 Å². The molecule has 3 nitrogen and oxygen atoms in total. The van der Waals surface area contributed by atoms with E-state index in [4.69, 9.17) is 17.3 Å². The minimum absolute atomic E-state index is 0.102. The molecule has 92 valence electrons. The van der Waals surface area contributed by atoms with Crippen LogP contribution in [0.1, 0.15) is 13.3 Å². The van der Waals surface area contributed by atoms with Crippen molar-refractivity contribution in [2.24, 2.45) is 11.1 Å². The average molecular weight is 257 g/mol. The Hall–Kier alpha value is -1.29. The number of anilines is 1. The summed E-state index contributed by atoms with van der Waals surface area (Å²) in [6.07, 6.45) is 0.687. The average Bonchev–Trinajstić information content (AvgIpc) is 2.67. The molecular formula is C12H14ClFN2O. The Balaban J connectivity index is 2.21. The second-order valence-corrected chi connectivity index (χ2v) is 5.10.